The van der Waals surface area contributed by atoms with Crippen LogP contribution in [-0.2, 0) is 11.0 Å². The van der Waals surface area contributed by atoms with Crippen molar-refractivity contribution < 1.29 is 22.7 Å². The zero-order valence-corrected chi connectivity index (χ0v) is 17.2. The van der Waals surface area contributed by atoms with Crippen molar-refractivity contribution in [1.82, 2.24) is 10.3 Å². The second-order valence-electron chi connectivity index (χ2n) is 7.16. The first kappa shape index (κ1) is 22.6. The van der Waals surface area contributed by atoms with Crippen molar-refractivity contribution in [3.8, 4) is 23.1 Å². The number of pyridine rings is 1. The molecule has 0 aliphatic heterocycles. The van der Waals surface area contributed by atoms with Crippen molar-refractivity contribution in [1.29, 1.82) is 5.26 Å². The lowest BCUT2D eigenvalue weighted by Crippen LogP contribution is -2.41. The van der Waals surface area contributed by atoms with E-state index in [-0.39, 0.29) is 22.4 Å². The molecular formula is C20H20F3N3O2S. The lowest BCUT2D eigenvalue weighted by atomic mass is 10.1. The summed E-state index contributed by atoms with van der Waals surface area (Å²) in [6, 6.07) is 8.79. The normalized spacial score (nSPS) is 11.7. The van der Waals surface area contributed by atoms with Crippen LogP contribution >= 0.6 is 11.8 Å². The smallest absolute Gasteiger partial charge is 0.417 e. The van der Waals surface area contributed by atoms with E-state index in [0.29, 0.717) is 11.3 Å². The highest BCUT2D eigenvalue weighted by molar-refractivity contribution is 8.00. The number of thioether (sulfide) groups is 1. The Morgan fingerprint density at radius 2 is 1.86 bits per heavy atom. The van der Waals surface area contributed by atoms with Gasteiger partial charge in [0.25, 0.3) is 0 Å². The van der Waals surface area contributed by atoms with Crippen molar-refractivity contribution in [2.45, 2.75) is 37.5 Å². The summed E-state index contributed by atoms with van der Waals surface area (Å²) in [6.07, 6.45) is -4.74. The molecule has 5 nitrogen and oxygen atoms in total. The van der Waals surface area contributed by atoms with Gasteiger partial charge >= 0.3 is 6.18 Å². The Morgan fingerprint density at radius 3 is 2.34 bits per heavy atom. The average molecular weight is 423 g/mol. The molecule has 0 aliphatic rings. The fourth-order valence-corrected chi connectivity index (χ4v) is 3.26. The van der Waals surface area contributed by atoms with Gasteiger partial charge in [-0.25, -0.2) is 4.98 Å². The van der Waals surface area contributed by atoms with Gasteiger partial charge in [0.05, 0.1) is 29.7 Å². The number of benzene rings is 1. The SMILES string of the molecule is COc1ccc(-c2cc(C(F)(F)F)c(C#N)c(SCC(=O)NC(C)(C)C)n2)cc1. The predicted molar refractivity (Wildman–Crippen MR) is 105 cm³/mol. The molecule has 29 heavy (non-hydrogen) atoms. The van der Waals surface area contributed by atoms with Crippen molar-refractivity contribution in [3.05, 3.63) is 41.5 Å². The Kier molecular flexibility index (Phi) is 6.80. The lowest BCUT2D eigenvalue weighted by Gasteiger charge is -2.20. The van der Waals surface area contributed by atoms with E-state index < -0.39 is 22.8 Å². The molecule has 1 heterocycles. The number of nitrogens with one attached hydrogen (secondary N) is 1. The predicted octanol–water partition coefficient (Wildman–Crippen LogP) is 4.65. The van der Waals surface area contributed by atoms with E-state index in [1.165, 1.54) is 7.11 Å². The Hall–Kier alpha value is -2.73. The van der Waals surface area contributed by atoms with E-state index in [1.54, 1.807) is 51.1 Å². The molecule has 154 valence electrons. The molecule has 0 saturated carbocycles. The third-order valence-electron chi connectivity index (χ3n) is 3.64. The lowest BCUT2D eigenvalue weighted by molar-refractivity contribution is -0.138. The first-order valence-corrected chi connectivity index (χ1v) is 9.53. The minimum absolute atomic E-state index is 0.0534. The Bertz CT molecular complexity index is 930. The molecule has 2 rings (SSSR count). The van der Waals surface area contributed by atoms with Gasteiger partial charge in [0.2, 0.25) is 5.91 Å². The summed E-state index contributed by atoms with van der Waals surface area (Å²) < 4.78 is 45.7. The van der Waals surface area contributed by atoms with Crippen LogP contribution in [0.3, 0.4) is 0 Å². The highest BCUT2D eigenvalue weighted by Gasteiger charge is 2.36. The maximum absolute atomic E-state index is 13.6. The van der Waals surface area contributed by atoms with Gasteiger partial charge in [-0.05, 0) is 51.1 Å². The first-order chi connectivity index (χ1) is 13.4. The summed E-state index contributed by atoms with van der Waals surface area (Å²) in [5.74, 6) is 0.0194. The largest absolute Gasteiger partial charge is 0.497 e. The molecule has 0 fully saturated rings. The number of hydrogen-bond acceptors (Lipinski definition) is 5. The second-order valence-corrected chi connectivity index (χ2v) is 8.12. The van der Waals surface area contributed by atoms with Crippen LogP contribution in [0.5, 0.6) is 5.75 Å². The van der Waals surface area contributed by atoms with Crippen LogP contribution in [0.15, 0.2) is 35.4 Å². The molecule has 1 aromatic carbocycles. The highest BCUT2D eigenvalue weighted by Crippen LogP contribution is 2.38. The molecule has 0 radical (unpaired) electrons. The maximum atomic E-state index is 13.6. The number of methoxy groups -OCH3 is 1. The third kappa shape index (κ3) is 6.12. The standard InChI is InChI=1S/C20H20F3N3O2S/c1-19(2,3)26-17(27)11-29-18-14(10-24)15(20(21,22)23)9-16(25-18)12-5-7-13(28-4)8-6-12/h5-9H,11H2,1-4H3,(H,26,27). The molecule has 0 bridgehead atoms. The molecule has 0 atom stereocenters. The molecule has 0 saturated heterocycles. The number of carbonyl (C=O) groups excluding carboxylic acids is 1. The number of aromatic nitrogens is 1. The molecule has 0 spiro atoms. The van der Waals surface area contributed by atoms with Crippen LogP contribution in [0.2, 0.25) is 0 Å². The van der Waals surface area contributed by atoms with Gasteiger partial charge in [0.15, 0.2) is 0 Å². The summed E-state index contributed by atoms with van der Waals surface area (Å²) in [5, 5.41) is 11.9. The number of nitriles is 1. The quantitative estimate of drug-likeness (QED) is 0.709. The van der Waals surface area contributed by atoms with E-state index >= 15 is 0 Å². The second kappa shape index (κ2) is 8.74. The molecule has 9 heteroatoms. The van der Waals surface area contributed by atoms with Gasteiger partial charge in [-0.3, -0.25) is 4.79 Å². The summed E-state index contributed by atoms with van der Waals surface area (Å²) >= 11 is 0.797. The topological polar surface area (TPSA) is 75.0 Å². The number of alkyl halides is 3. The molecule has 2 aromatic rings. The Morgan fingerprint density at radius 1 is 1.24 bits per heavy atom. The van der Waals surface area contributed by atoms with Crippen LogP contribution in [0.1, 0.15) is 31.9 Å². The van der Waals surface area contributed by atoms with E-state index in [9.17, 15) is 23.2 Å². The Balaban J connectivity index is 2.47. The zero-order valence-electron chi connectivity index (χ0n) is 16.3. The zero-order chi connectivity index (χ0) is 21.8. The monoisotopic (exact) mass is 423 g/mol. The molecule has 1 N–H and O–H groups in total. The van der Waals surface area contributed by atoms with E-state index in [4.69, 9.17) is 4.74 Å². The number of hydrogen-bond donors (Lipinski definition) is 1. The van der Waals surface area contributed by atoms with Gasteiger partial charge < -0.3 is 10.1 Å². The van der Waals surface area contributed by atoms with Gasteiger partial charge in [-0.15, -0.1) is 0 Å². The van der Waals surface area contributed by atoms with Crippen molar-refractivity contribution in [3.63, 3.8) is 0 Å². The molecule has 1 amide bonds. The molecular weight excluding hydrogens is 403 g/mol. The van der Waals surface area contributed by atoms with Crippen LogP contribution < -0.4 is 10.1 Å². The molecule has 1 aromatic heterocycles. The summed E-state index contributed by atoms with van der Waals surface area (Å²) in [7, 11) is 1.48. The number of ether oxygens (including phenoxy) is 1. The van der Waals surface area contributed by atoms with Crippen LogP contribution in [0.25, 0.3) is 11.3 Å². The van der Waals surface area contributed by atoms with Crippen LogP contribution in [0.4, 0.5) is 13.2 Å². The minimum atomic E-state index is -4.74. The van der Waals surface area contributed by atoms with Crippen molar-refractivity contribution >= 4 is 17.7 Å². The van der Waals surface area contributed by atoms with Gasteiger partial charge in [0.1, 0.15) is 16.8 Å². The number of halogens is 3. The van der Waals surface area contributed by atoms with Crippen LogP contribution in [-0.4, -0.2) is 29.3 Å². The third-order valence-corrected chi connectivity index (χ3v) is 4.62. The average Bonchev–Trinajstić information content (AvgIpc) is 2.63. The van der Waals surface area contributed by atoms with E-state index in [1.807, 2.05) is 0 Å². The number of rotatable bonds is 5. The fourth-order valence-electron chi connectivity index (χ4n) is 2.46. The number of amides is 1. The number of nitrogens with zero attached hydrogens (tertiary/aromatic N) is 2. The number of carbonyl (C=O) groups is 1. The van der Waals surface area contributed by atoms with Gasteiger partial charge in [-0.1, -0.05) is 11.8 Å². The minimum Gasteiger partial charge on any atom is -0.497 e. The maximum Gasteiger partial charge on any atom is 0.417 e. The van der Waals surface area contributed by atoms with E-state index in [0.717, 1.165) is 17.8 Å². The summed E-state index contributed by atoms with van der Waals surface area (Å²) in [4.78, 5) is 16.3. The molecule has 0 aliphatic carbocycles. The molecule has 0 unspecified atom stereocenters. The van der Waals surface area contributed by atoms with Gasteiger partial charge in [-0.2, -0.15) is 18.4 Å². The van der Waals surface area contributed by atoms with Gasteiger partial charge in [0, 0.05) is 11.1 Å². The summed E-state index contributed by atoms with van der Waals surface area (Å²) in [5.41, 5.74) is -1.67. The van der Waals surface area contributed by atoms with Crippen molar-refractivity contribution in [2.75, 3.05) is 12.9 Å². The Labute approximate surface area is 171 Å². The fraction of sp³-hybridized carbons (Fsp3) is 0.350. The highest BCUT2D eigenvalue weighted by atomic mass is 32.2. The first-order valence-electron chi connectivity index (χ1n) is 8.55. The van der Waals surface area contributed by atoms with Crippen molar-refractivity contribution in [2.24, 2.45) is 0 Å². The van der Waals surface area contributed by atoms with Crippen LogP contribution in [0, 0.1) is 11.3 Å². The van der Waals surface area contributed by atoms with E-state index in [2.05, 4.69) is 10.3 Å². The summed E-state index contributed by atoms with van der Waals surface area (Å²) in [6.45, 7) is 5.38.